The van der Waals surface area contributed by atoms with E-state index in [1.807, 2.05) is 0 Å². The second-order valence-electron chi connectivity index (χ2n) is 8.27. The van der Waals surface area contributed by atoms with Gasteiger partial charge in [-0.3, -0.25) is 0 Å². The summed E-state index contributed by atoms with van der Waals surface area (Å²) in [7, 11) is 0. The van der Waals surface area contributed by atoms with Crippen LogP contribution >= 0.6 is 0 Å². The Morgan fingerprint density at radius 2 is 1.34 bits per heavy atom. The van der Waals surface area contributed by atoms with Crippen LogP contribution in [0.15, 0.2) is 66.7 Å². The van der Waals surface area contributed by atoms with Crippen LogP contribution in [0.2, 0.25) is 0 Å². The second-order valence-corrected chi connectivity index (χ2v) is 8.27. The molecule has 3 aromatic rings. The minimum atomic E-state index is 0.951. The van der Waals surface area contributed by atoms with Gasteiger partial charge in [0.25, 0.3) is 0 Å². The lowest BCUT2D eigenvalue weighted by atomic mass is 9.98. The highest BCUT2D eigenvalue weighted by atomic mass is 14.2. The first kappa shape index (κ1) is 19.2. The van der Waals surface area contributed by atoms with Crippen molar-refractivity contribution in [2.75, 3.05) is 0 Å². The van der Waals surface area contributed by atoms with Crippen LogP contribution in [0.5, 0.6) is 0 Å². The van der Waals surface area contributed by atoms with Crippen molar-refractivity contribution in [1.82, 2.24) is 0 Å². The molecule has 0 nitrogen and oxygen atoms in total. The molecule has 1 aliphatic rings. The Labute approximate surface area is 174 Å². The third-order valence-corrected chi connectivity index (χ3v) is 6.06. The maximum absolute atomic E-state index is 4.38. The predicted molar refractivity (Wildman–Crippen MR) is 128 cm³/mol. The van der Waals surface area contributed by atoms with E-state index in [-0.39, 0.29) is 0 Å². The van der Waals surface area contributed by atoms with E-state index in [1.54, 1.807) is 0 Å². The van der Waals surface area contributed by atoms with Crippen molar-refractivity contribution in [1.29, 1.82) is 0 Å². The number of hydrogen-bond donors (Lipinski definition) is 0. The molecule has 0 unspecified atom stereocenters. The smallest absolute Gasteiger partial charge is 0.00132 e. The average molecular weight is 377 g/mol. The van der Waals surface area contributed by atoms with Crippen LogP contribution in [0.25, 0.3) is 23.8 Å². The molecular weight excluding hydrogens is 348 g/mol. The molecule has 0 amide bonds. The molecule has 0 fully saturated rings. The largest absolute Gasteiger partial charge is 0.0909 e. The summed E-state index contributed by atoms with van der Waals surface area (Å²) in [5.74, 6) is 0. The van der Waals surface area contributed by atoms with Crippen molar-refractivity contribution < 1.29 is 0 Å². The van der Waals surface area contributed by atoms with Gasteiger partial charge in [-0.05, 0) is 89.8 Å². The number of hydrogen-bond acceptors (Lipinski definition) is 0. The molecule has 0 spiro atoms. The average Bonchev–Trinajstić information content (AvgIpc) is 3.00. The first-order valence-electron chi connectivity index (χ1n) is 10.3. The fourth-order valence-corrected chi connectivity index (χ4v) is 4.00. The first-order chi connectivity index (χ1) is 13.9. The first-order valence-corrected chi connectivity index (χ1v) is 10.3. The van der Waals surface area contributed by atoms with Gasteiger partial charge in [0.1, 0.15) is 0 Å². The minimum Gasteiger partial charge on any atom is -0.0909 e. The molecule has 0 heterocycles. The fourth-order valence-electron chi connectivity index (χ4n) is 4.00. The second kappa shape index (κ2) is 7.72. The molecule has 0 radical (unpaired) electrons. The summed E-state index contributed by atoms with van der Waals surface area (Å²) >= 11 is 0. The van der Waals surface area contributed by atoms with Gasteiger partial charge in [-0.15, -0.1) is 0 Å². The summed E-state index contributed by atoms with van der Waals surface area (Å²) in [6.45, 7) is 13.1. The number of aryl methyl sites for hydroxylation is 3. The van der Waals surface area contributed by atoms with Gasteiger partial charge in [-0.1, -0.05) is 85.0 Å². The third kappa shape index (κ3) is 4.03. The molecule has 0 atom stereocenters. The molecule has 0 N–H and O–H groups in total. The molecule has 29 heavy (non-hydrogen) atoms. The Bertz CT molecular complexity index is 1130. The Hall–Kier alpha value is -3.12. The summed E-state index contributed by atoms with van der Waals surface area (Å²) in [6, 6.07) is 19.9. The molecule has 0 bridgehead atoms. The molecule has 0 aliphatic heterocycles. The minimum absolute atomic E-state index is 0.951. The normalized spacial score (nSPS) is 14.8. The van der Waals surface area contributed by atoms with Crippen LogP contribution in [0.4, 0.5) is 0 Å². The van der Waals surface area contributed by atoms with Gasteiger partial charge < -0.3 is 0 Å². The van der Waals surface area contributed by atoms with Crippen LogP contribution in [0.3, 0.4) is 0 Å². The zero-order valence-electron chi connectivity index (χ0n) is 17.8. The monoisotopic (exact) mass is 376 g/mol. The summed E-state index contributed by atoms with van der Waals surface area (Å²) in [4.78, 5) is 0. The molecule has 1 aliphatic carbocycles. The van der Waals surface area contributed by atoms with Crippen LogP contribution in [0.1, 0.15) is 50.1 Å². The lowest BCUT2D eigenvalue weighted by molar-refractivity contribution is 1.25. The lowest BCUT2D eigenvalue weighted by Crippen LogP contribution is -1.89. The number of benzene rings is 3. The fraction of sp³-hybridized carbons (Fsp3) is 0.172. The quantitative estimate of drug-likeness (QED) is 0.410. The van der Waals surface area contributed by atoms with Crippen LogP contribution in [-0.4, -0.2) is 0 Å². The van der Waals surface area contributed by atoms with Crippen molar-refractivity contribution in [2.45, 2.75) is 34.1 Å². The number of fused-ring (bicyclic) bond motifs is 1. The van der Waals surface area contributed by atoms with Crippen molar-refractivity contribution in [3.63, 3.8) is 0 Å². The molecule has 0 saturated carbocycles. The van der Waals surface area contributed by atoms with Crippen LogP contribution in [0, 0.1) is 27.7 Å². The van der Waals surface area contributed by atoms with Crippen molar-refractivity contribution in [2.24, 2.45) is 0 Å². The summed E-state index contributed by atoms with van der Waals surface area (Å²) in [6.07, 6.45) is 7.64. The van der Waals surface area contributed by atoms with Crippen molar-refractivity contribution >= 4 is 23.8 Å². The van der Waals surface area contributed by atoms with E-state index in [0.29, 0.717) is 0 Å². The van der Waals surface area contributed by atoms with Crippen LogP contribution < -0.4 is 0 Å². The molecule has 4 rings (SSSR count). The maximum Gasteiger partial charge on any atom is -0.00132 e. The Balaban J connectivity index is 1.59. The summed E-state index contributed by atoms with van der Waals surface area (Å²) in [5, 5.41) is 0. The zero-order valence-corrected chi connectivity index (χ0v) is 17.8. The van der Waals surface area contributed by atoms with E-state index >= 15 is 0 Å². The van der Waals surface area contributed by atoms with Gasteiger partial charge in [0, 0.05) is 0 Å². The van der Waals surface area contributed by atoms with Gasteiger partial charge in [-0.2, -0.15) is 0 Å². The lowest BCUT2D eigenvalue weighted by Gasteiger charge is -2.07. The van der Waals surface area contributed by atoms with E-state index in [0.717, 1.165) is 12.0 Å². The molecule has 144 valence electrons. The van der Waals surface area contributed by atoms with E-state index < -0.39 is 0 Å². The third-order valence-electron chi connectivity index (χ3n) is 6.06. The van der Waals surface area contributed by atoms with E-state index in [9.17, 15) is 0 Å². The molecule has 0 saturated heterocycles. The zero-order chi connectivity index (χ0) is 20.5. The van der Waals surface area contributed by atoms with Crippen LogP contribution in [-0.2, 0) is 6.42 Å². The summed E-state index contributed by atoms with van der Waals surface area (Å²) in [5.41, 5.74) is 14.2. The van der Waals surface area contributed by atoms with E-state index in [1.165, 1.54) is 55.6 Å². The Morgan fingerprint density at radius 1 is 0.724 bits per heavy atom. The predicted octanol–water partition coefficient (Wildman–Crippen LogP) is 7.74. The van der Waals surface area contributed by atoms with Crippen molar-refractivity contribution in [3.8, 4) is 0 Å². The number of allylic oxidation sites excluding steroid dienone is 2. The van der Waals surface area contributed by atoms with Gasteiger partial charge in [-0.25, -0.2) is 0 Å². The Morgan fingerprint density at radius 3 is 2.03 bits per heavy atom. The Kier molecular flexibility index (Phi) is 5.11. The molecule has 0 heteroatoms. The van der Waals surface area contributed by atoms with Gasteiger partial charge >= 0.3 is 0 Å². The topological polar surface area (TPSA) is 0 Å². The van der Waals surface area contributed by atoms with Gasteiger partial charge in [0.15, 0.2) is 0 Å². The molecular formula is C29H28. The highest BCUT2D eigenvalue weighted by Crippen LogP contribution is 2.37. The number of rotatable bonds is 3. The molecule has 0 aromatic heterocycles. The van der Waals surface area contributed by atoms with Gasteiger partial charge in [0.05, 0.1) is 0 Å². The molecule has 3 aromatic carbocycles. The van der Waals surface area contributed by atoms with Crippen molar-refractivity contribution in [3.05, 3.63) is 117 Å². The highest BCUT2D eigenvalue weighted by molar-refractivity contribution is 5.90. The van der Waals surface area contributed by atoms with E-state index in [2.05, 4.69) is 107 Å². The SMILES string of the molecule is C=C1/C(=C/c2cc(C)c(C)c(C)c2)Cc2cc(C=Cc3ccc(C)cc3)ccc21. The standard InChI is InChI=1S/C29H28/c1-19-6-8-24(9-7-19)10-11-25-12-13-29-23(5)27(18-28(29)16-25)17-26-14-20(2)22(4)21(3)15-26/h6-17H,5,18H2,1-4H3/b11-10?,27-17+. The highest BCUT2D eigenvalue weighted by Gasteiger charge is 2.19. The van der Waals surface area contributed by atoms with E-state index in [4.69, 9.17) is 0 Å². The maximum atomic E-state index is 4.38. The summed E-state index contributed by atoms with van der Waals surface area (Å²) < 4.78 is 0. The van der Waals surface area contributed by atoms with Gasteiger partial charge in [0.2, 0.25) is 0 Å².